The van der Waals surface area contributed by atoms with E-state index in [1.807, 2.05) is 36.4 Å². The monoisotopic (exact) mass is 305 g/mol. The van der Waals surface area contributed by atoms with Crippen molar-refractivity contribution in [2.45, 2.75) is 12.5 Å². The van der Waals surface area contributed by atoms with Gasteiger partial charge in [0, 0.05) is 5.56 Å². The smallest absolute Gasteiger partial charge is 0.320 e. The Kier molecular flexibility index (Phi) is 4.83. The summed E-state index contributed by atoms with van der Waals surface area (Å²) >= 11 is 6.25. The summed E-state index contributed by atoms with van der Waals surface area (Å²) in [6, 6.07) is 12.0. The SMILES string of the molecule is COc1cccc(Cl)c1-c1cccc(C[C@H](N)C(=O)O)c1. The molecule has 2 rings (SSSR count). The van der Waals surface area contributed by atoms with E-state index in [9.17, 15) is 4.79 Å². The van der Waals surface area contributed by atoms with E-state index in [1.54, 1.807) is 13.2 Å². The van der Waals surface area contributed by atoms with Crippen molar-refractivity contribution in [1.29, 1.82) is 0 Å². The molecule has 0 unspecified atom stereocenters. The third kappa shape index (κ3) is 3.54. The lowest BCUT2D eigenvalue weighted by molar-refractivity contribution is -0.138. The van der Waals surface area contributed by atoms with Crippen LogP contribution >= 0.6 is 11.6 Å². The van der Waals surface area contributed by atoms with Gasteiger partial charge in [0.1, 0.15) is 11.8 Å². The Morgan fingerprint density at radius 2 is 2.05 bits per heavy atom. The maximum atomic E-state index is 10.8. The van der Waals surface area contributed by atoms with Crippen molar-refractivity contribution < 1.29 is 14.6 Å². The highest BCUT2D eigenvalue weighted by atomic mass is 35.5. The average Bonchev–Trinajstić information content (AvgIpc) is 2.47. The van der Waals surface area contributed by atoms with E-state index >= 15 is 0 Å². The molecule has 5 heteroatoms. The van der Waals surface area contributed by atoms with E-state index < -0.39 is 12.0 Å². The van der Waals surface area contributed by atoms with Crippen LogP contribution in [0.5, 0.6) is 5.75 Å². The molecule has 0 radical (unpaired) electrons. The number of nitrogens with two attached hydrogens (primary N) is 1. The minimum atomic E-state index is -1.02. The van der Waals surface area contributed by atoms with Gasteiger partial charge in [-0.1, -0.05) is 41.9 Å². The fourth-order valence-corrected chi connectivity index (χ4v) is 2.42. The molecule has 0 aromatic heterocycles. The van der Waals surface area contributed by atoms with Crippen LogP contribution in [0.2, 0.25) is 5.02 Å². The Labute approximate surface area is 128 Å². The second kappa shape index (κ2) is 6.61. The molecular formula is C16H16ClNO3. The predicted octanol–water partition coefficient (Wildman–Crippen LogP) is 2.97. The molecule has 0 saturated heterocycles. The molecule has 110 valence electrons. The topological polar surface area (TPSA) is 72.5 Å². The van der Waals surface area contributed by atoms with Crippen molar-refractivity contribution >= 4 is 17.6 Å². The van der Waals surface area contributed by atoms with Crippen LogP contribution in [0, 0.1) is 0 Å². The second-order valence-corrected chi connectivity index (χ2v) is 5.07. The highest BCUT2D eigenvalue weighted by Gasteiger charge is 2.14. The van der Waals surface area contributed by atoms with E-state index in [-0.39, 0.29) is 6.42 Å². The quantitative estimate of drug-likeness (QED) is 0.890. The van der Waals surface area contributed by atoms with E-state index in [2.05, 4.69) is 0 Å². The maximum Gasteiger partial charge on any atom is 0.320 e. The van der Waals surface area contributed by atoms with Gasteiger partial charge in [-0.05, 0) is 29.7 Å². The molecule has 1 atom stereocenters. The molecule has 2 aromatic rings. The largest absolute Gasteiger partial charge is 0.496 e. The first-order valence-electron chi connectivity index (χ1n) is 6.43. The lowest BCUT2D eigenvalue weighted by Crippen LogP contribution is -2.32. The molecule has 0 saturated carbocycles. The zero-order chi connectivity index (χ0) is 15.4. The van der Waals surface area contributed by atoms with Crippen molar-refractivity contribution in [2.75, 3.05) is 7.11 Å². The molecule has 2 aromatic carbocycles. The lowest BCUT2D eigenvalue weighted by Gasteiger charge is -2.12. The molecule has 0 spiro atoms. The number of aliphatic carboxylic acids is 1. The Hall–Kier alpha value is -2.04. The number of hydrogen-bond acceptors (Lipinski definition) is 3. The van der Waals surface area contributed by atoms with Crippen molar-refractivity contribution in [3.63, 3.8) is 0 Å². The number of carbonyl (C=O) groups is 1. The number of ether oxygens (including phenoxy) is 1. The predicted molar refractivity (Wildman–Crippen MR) is 82.8 cm³/mol. The van der Waals surface area contributed by atoms with Crippen molar-refractivity contribution in [1.82, 2.24) is 0 Å². The molecule has 0 heterocycles. The number of carboxylic acid groups (broad SMARTS) is 1. The van der Waals surface area contributed by atoms with Crippen LogP contribution < -0.4 is 10.5 Å². The van der Waals surface area contributed by atoms with Crippen LogP contribution in [0.3, 0.4) is 0 Å². The summed E-state index contributed by atoms with van der Waals surface area (Å²) in [4.78, 5) is 10.8. The van der Waals surface area contributed by atoms with Gasteiger partial charge in [-0.25, -0.2) is 0 Å². The van der Waals surface area contributed by atoms with Crippen LogP contribution in [0.4, 0.5) is 0 Å². The van der Waals surface area contributed by atoms with Crippen LogP contribution in [-0.4, -0.2) is 24.2 Å². The van der Waals surface area contributed by atoms with Gasteiger partial charge in [0.25, 0.3) is 0 Å². The molecule has 0 aliphatic carbocycles. The summed E-state index contributed by atoms with van der Waals surface area (Å²) in [6.07, 6.45) is 0.260. The molecule has 0 amide bonds. The Bertz CT molecular complexity index is 658. The van der Waals surface area contributed by atoms with Crippen molar-refractivity contribution in [3.05, 3.63) is 53.1 Å². The normalized spacial score (nSPS) is 12.0. The average molecular weight is 306 g/mol. The highest BCUT2D eigenvalue weighted by molar-refractivity contribution is 6.33. The van der Waals surface area contributed by atoms with Gasteiger partial charge in [0.15, 0.2) is 0 Å². The molecule has 0 bridgehead atoms. The number of benzene rings is 2. The number of carboxylic acids is 1. The van der Waals surface area contributed by atoms with Gasteiger partial charge < -0.3 is 15.6 Å². The van der Waals surface area contributed by atoms with Gasteiger partial charge in [-0.15, -0.1) is 0 Å². The zero-order valence-corrected chi connectivity index (χ0v) is 12.3. The summed E-state index contributed by atoms with van der Waals surface area (Å²) in [5.74, 6) is -0.349. The van der Waals surface area contributed by atoms with Crippen LogP contribution in [0.1, 0.15) is 5.56 Å². The summed E-state index contributed by atoms with van der Waals surface area (Å²) in [5, 5.41) is 9.47. The molecule has 0 aliphatic rings. The third-order valence-electron chi connectivity index (χ3n) is 3.18. The standard InChI is InChI=1S/C16H16ClNO3/c1-21-14-7-3-6-12(17)15(14)11-5-2-4-10(8-11)9-13(18)16(19)20/h2-8,13H,9,18H2,1H3,(H,19,20)/t13-/m0/s1. The molecule has 0 aliphatic heterocycles. The number of methoxy groups -OCH3 is 1. The number of hydrogen-bond donors (Lipinski definition) is 2. The molecule has 3 N–H and O–H groups in total. The van der Waals surface area contributed by atoms with Crippen molar-refractivity contribution in [2.24, 2.45) is 5.73 Å². The third-order valence-corrected chi connectivity index (χ3v) is 3.50. The van der Waals surface area contributed by atoms with Gasteiger partial charge in [0.05, 0.1) is 12.1 Å². The summed E-state index contributed by atoms with van der Waals surface area (Å²) in [6.45, 7) is 0. The Balaban J connectivity index is 2.40. The number of rotatable bonds is 5. The Morgan fingerprint density at radius 1 is 1.33 bits per heavy atom. The fraction of sp³-hybridized carbons (Fsp3) is 0.188. The summed E-state index contributed by atoms with van der Waals surface area (Å²) < 4.78 is 5.34. The first kappa shape index (κ1) is 15.4. The second-order valence-electron chi connectivity index (χ2n) is 4.67. The van der Waals surface area contributed by atoms with E-state index in [1.165, 1.54) is 0 Å². The van der Waals surface area contributed by atoms with Gasteiger partial charge in [0.2, 0.25) is 0 Å². The molecule has 0 fully saturated rings. The minimum absolute atomic E-state index is 0.260. The van der Waals surface area contributed by atoms with Crippen molar-refractivity contribution in [3.8, 4) is 16.9 Å². The van der Waals surface area contributed by atoms with Gasteiger partial charge in [-0.2, -0.15) is 0 Å². The van der Waals surface area contributed by atoms with Gasteiger partial charge >= 0.3 is 5.97 Å². The minimum Gasteiger partial charge on any atom is -0.496 e. The first-order chi connectivity index (χ1) is 10.0. The lowest BCUT2D eigenvalue weighted by atomic mass is 9.99. The molecule has 4 nitrogen and oxygen atoms in total. The van der Waals surface area contributed by atoms with Crippen LogP contribution in [-0.2, 0) is 11.2 Å². The zero-order valence-electron chi connectivity index (χ0n) is 11.5. The highest BCUT2D eigenvalue weighted by Crippen LogP contribution is 2.36. The van der Waals surface area contributed by atoms with Crippen LogP contribution in [0.15, 0.2) is 42.5 Å². The van der Waals surface area contributed by atoms with E-state index in [0.717, 1.165) is 16.7 Å². The summed E-state index contributed by atoms with van der Waals surface area (Å²) in [7, 11) is 1.58. The molecule has 21 heavy (non-hydrogen) atoms. The number of halogens is 1. The molecular weight excluding hydrogens is 290 g/mol. The van der Waals surface area contributed by atoms with Gasteiger partial charge in [-0.3, -0.25) is 4.79 Å². The van der Waals surface area contributed by atoms with Crippen LogP contribution in [0.25, 0.3) is 11.1 Å². The first-order valence-corrected chi connectivity index (χ1v) is 6.81. The summed E-state index contributed by atoms with van der Waals surface area (Å²) in [5.41, 5.74) is 8.06. The Morgan fingerprint density at radius 3 is 2.71 bits per heavy atom. The van der Waals surface area contributed by atoms with E-state index in [0.29, 0.717) is 10.8 Å². The van der Waals surface area contributed by atoms with E-state index in [4.69, 9.17) is 27.2 Å². The maximum absolute atomic E-state index is 10.8. The fourth-order valence-electron chi connectivity index (χ4n) is 2.15.